The molecule has 2 amide bonds. The van der Waals surface area contributed by atoms with Gasteiger partial charge in [0.15, 0.2) is 11.5 Å². The molecule has 0 unspecified atom stereocenters. The highest BCUT2D eigenvalue weighted by Crippen LogP contribution is 2.36. The third-order valence-corrected chi connectivity index (χ3v) is 6.24. The maximum Gasteiger partial charge on any atom is 0.228 e. The summed E-state index contributed by atoms with van der Waals surface area (Å²) in [5.41, 5.74) is 2.05. The quantitative estimate of drug-likeness (QED) is 0.757. The van der Waals surface area contributed by atoms with Gasteiger partial charge in [-0.05, 0) is 17.7 Å². The average Bonchev–Trinajstić information content (AvgIpc) is 3.21. The lowest BCUT2D eigenvalue weighted by molar-refractivity contribution is -0.137. The van der Waals surface area contributed by atoms with Crippen LogP contribution in [0.2, 0.25) is 0 Å². The Kier molecular flexibility index (Phi) is 5.51. The van der Waals surface area contributed by atoms with Crippen LogP contribution in [0.5, 0.6) is 11.5 Å². The second-order valence-electron chi connectivity index (χ2n) is 8.32. The van der Waals surface area contributed by atoms with Crippen molar-refractivity contribution in [2.45, 2.75) is 13.0 Å². The highest BCUT2D eigenvalue weighted by molar-refractivity contribution is 6.00. The van der Waals surface area contributed by atoms with Gasteiger partial charge in [-0.1, -0.05) is 30.3 Å². The van der Waals surface area contributed by atoms with Gasteiger partial charge in [-0.25, -0.2) is 0 Å². The van der Waals surface area contributed by atoms with Crippen LogP contribution in [0.4, 0.5) is 5.69 Å². The van der Waals surface area contributed by atoms with Gasteiger partial charge in [0.1, 0.15) is 13.2 Å². The molecule has 7 heteroatoms. The summed E-state index contributed by atoms with van der Waals surface area (Å²) >= 11 is 0. The topological polar surface area (TPSA) is 62.3 Å². The van der Waals surface area contributed by atoms with Crippen LogP contribution in [0.25, 0.3) is 0 Å². The van der Waals surface area contributed by atoms with Gasteiger partial charge in [0, 0.05) is 57.4 Å². The van der Waals surface area contributed by atoms with E-state index in [1.165, 1.54) is 5.56 Å². The molecule has 7 nitrogen and oxygen atoms in total. The van der Waals surface area contributed by atoms with E-state index in [0.717, 1.165) is 25.3 Å². The Hall–Kier alpha value is -3.06. The fraction of sp³-hybridized carbons (Fsp3) is 0.417. The Morgan fingerprint density at radius 2 is 1.68 bits per heavy atom. The number of hydrogen-bond acceptors (Lipinski definition) is 5. The Labute approximate surface area is 182 Å². The lowest BCUT2D eigenvalue weighted by Gasteiger charge is -2.36. The Morgan fingerprint density at radius 1 is 0.935 bits per heavy atom. The van der Waals surface area contributed by atoms with Crippen LogP contribution in [0, 0.1) is 5.92 Å². The number of carbonyl (C=O) groups is 2. The van der Waals surface area contributed by atoms with Crippen molar-refractivity contribution in [3.8, 4) is 11.5 Å². The van der Waals surface area contributed by atoms with Crippen molar-refractivity contribution in [1.29, 1.82) is 0 Å². The first-order valence-corrected chi connectivity index (χ1v) is 10.9. The van der Waals surface area contributed by atoms with Gasteiger partial charge in [-0.2, -0.15) is 0 Å². The zero-order valence-electron chi connectivity index (χ0n) is 17.5. The van der Waals surface area contributed by atoms with Gasteiger partial charge in [0.2, 0.25) is 11.8 Å². The number of carbonyl (C=O) groups excluding carboxylic acids is 2. The summed E-state index contributed by atoms with van der Waals surface area (Å²) in [6, 6.07) is 15.9. The molecule has 0 spiro atoms. The maximum atomic E-state index is 13.1. The summed E-state index contributed by atoms with van der Waals surface area (Å²) in [7, 11) is 0. The Bertz CT molecular complexity index is 957. The summed E-state index contributed by atoms with van der Waals surface area (Å²) in [5, 5.41) is 0. The van der Waals surface area contributed by atoms with Crippen molar-refractivity contribution in [3.63, 3.8) is 0 Å². The molecular weight excluding hydrogens is 394 g/mol. The Balaban J connectivity index is 1.18. The normalized spacial score (nSPS) is 21.4. The number of rotatable bonds is 4. The minimum Gasteiger partial charge on any atom is -0.486 e. The molecule has 162 valence electrons. The van der Waals surface area contributed by atoms with Crippen molar-refractivity contribution in [2.24, 2.45) is 5.92 Å². The monoisotopic (exact) mass is 421 g/mol. The first-order valence-electron chi connectivity index (χ1n) is 10.9. The largest absolute Gasteiger partial charge is 0.486 e. The Morgan fingerprint density at radius 3 is 2.45 bits per heavy atom. The van der Waals surface area contributed by atoms with Crippen molar-refractivity contribution >= 4 is 17.5 Å². The van der Waals surface area contributed by atoms with Gasteiger partial charge in [0.05, 0.1) is 5.92 Å². The predicted molar refractivity (Wildman–Crippen MR) is 116 cm³/mol. The molecule has 1 atom stereocenters. The number of nitrogens with zero attached hydrogens (tertiary/aromatic N) is 3. The first kappa shape index (κ1) is 19.9. The van der Waals surface area contributed by atoms with E-state index >= 15 is 0 Å². The van der Waals surface area contributed by atoms with Gasteiger partial charge in [-0.15, -0.1) is 0 Å². The highest BCUT2D eigenvalue weighted by Gasteiger charge is 2.38. The van der Waals surface area contributed by atoms with Gasteiger partial charge < -0.3 is 19.3 Å². The van der Waals surface area contributed by atoms with Crippen LogP contribution >= 0.6 is 0 Å². The standard InChI is InChI=1S/C24H27N3O4/c28-23-14-19(17-27(23)20-6-7-21-22(15-20)31-13-12-30-21)24(29)26-10-8-25(9-11-26)16-18-4-2-1-3-5-18/h1-7,15,19H,8-14,16-17H2/t19-/m1/s1. The minimum absolute atomic E-state index is 0.0160. The van der Waals surface area contributed by atoms with Crippen LogP contribution < -0.4 is 14.4 Å². The zero-order valence-corrected chi connectivity index (χ0v) is 17.5. The van der Waals surface area contributed by atoms with E-state index < -0.39 is 0 Å². The lowest BCUT2D eigenvalue weighted by Crippen LogP contribution is -2.50. The molecule has 0 radical (unpaired) electrons. The average molecular weight is 421 g/mol. The van der Waals surface area contributed by atoms with E-state index in [4.69, 9.17) is 9.47 Å². The molecule has 2 fully saturated rings. The molecule has 5 rings (SSSR count). The number of fused-ring (bicyclic) bond motifs is 1. The molecule has 3 aliphatic rings. The van der Waals surface area contributed by atoms with Gasteiger partial charge in [0.25, 0.3) is 0 Å². The summed E-state index contributed by atoms with van der Waals surface area (Å²) < 4.78 is 11.2. The number of amides is 2. The number of hydrogen-bond donors (Lipinski definition) is 0. The molecule has 3 aliphatic heterocycles. The van der Waals surface area contributed by atoms with Crippen molar-refractivity contribution in [3.05, 3.63) is 54.1 Å². The van der Waals surface area contributed by atoms with Crippen molar-refractivity contribution < 1.29 is 19.1 Å². The molecule has 0 N–H and O–H groups in total. The van der Waals surface area contributed by atoms with E-state index in [2.05, 4.69) is 29.2 Å². The number of ether oxygens (including phenoxy) is 2. The van der Waals surface area contributed by atoms with E-state index in [1.54, 1.807) is 4.90 Å². The predicted octanol–water partition coefficient (Wildman–Crippen LogP) is 2.16. The SMILES string of the molecule is O=C([C@@H]1CC(=O)N(c2ccc3c(c2)OCCO3)C1)N1CCN(Cc2ccccc2)CC1. The molecule has 31 heavy (non-hydrogen) atoms. The summed E-state index contributed by atoms with van der Waals surface area (Å²) in [4.78, 5) is 31.8. The molecule has 2 saturated heterocycles. The fourth-order valence-corrected chi connectivity index (χ4v) is 4.55. The maximum absolute atomic E-state index is 13.1. The van der Waals surface area contributed by atoms with E-state index in [9.17, 15) is 9.59 Å². The highest BCUT2D eigenvalue weighted by atomic mass is 16.6. The molecule has 2 aromatic carbocycles. The van der Waals surface area contributed by atoms with Gasteiger partial charge in [-0.3, -0.25) is 14.5 Å². The summed E-state index contributed by atoms with van der Waals surface area (Å²) in [6.45, 7) is 5.48. The third-order valence-electron chi connectivity index (χ3n) is 6.24. The van der Waals surface area contributed by atoms with Gasteiger partial charge >= 0.3 is 0 Å². The van der Waals surface area contributed by atoms with Crippen molar-refractivity contribution in [2.75, 3.05) is 50.8 Å². The molecule has 0 aliphatic carbocycles. The number of piperazine rings is 1. The number of benzene rings is 2. The second-order valence-corrected chi connectivity index (χ2v) is 8.32. The van der Waals surface area contributed by atoms with Crippen LogP contribution in [-0.4, -0.2) is 67.6 Å². The minimum atomic E-state index is -0.290. The van der Waals surface area contributed by atoms with Crippen LogP contribution in [0.1, 0.15) is 12.0 Å². The smallest absolute Gasteiger partial charge is 0.228 e. The third kappa shape index (κ3) is 4.23. The summed E-state index contributed by atoms with van der Waals surface area (Å²) in [6.07, 6.45) is 0.261. The van der Waals surface area contributed by atoms with E-state index in [-0.39, 0.29) is 24.2 Å². The molecule has 0 bridgehead atoms. The summed E-state index contributed by atoms with van der Waals surface area (Å²) in [5.74, 6) is 1.13. The fourth-order valence-electron chi connectivity index (χ4n) is 4.55. The van der Waals surface area contributed by atoms with E-state index in [0.29, 0.717) is 44.3 Å². The van der Waals surface area contributed by atoms with E-state index in [1.807, 2.05) is 29.2 Å². The second kappa shape index (κ2) is 8.59. The van der Waals surface area contributed by atoms with Crippen LogP contribution in [-0.2, 0) is 16.1 Å². The first-order chi connectivity index (χ1) is 15.2. The molecule has 0 saturated carbocycles. The van der Waals surface area contributed by atoms with Crippen LogP contribution in [0.15, 0.2) is 48.5 Å². The molecule has 2 aromatic rings. The van der Waals surface area contributed by atoms with Crippen LogP contribution in [0.3, 0.4) is 0 Å². The number of anilines is 1. The molecule has 0 aromatic heterocycles. The zero-order chi connectivity index (χ0) is 21.2. The molecular formula is C24H27N3O4. The lowest BCUT2D eigenvalue weighted by atomic mass is 10.1. The van der Waals surface area contributed by atoms with Crippen molar-refractivity contribution in [1.82, 2.24) is 9.80 Å². The molecule has 3 heterocycles.